The molecule has 0 N–H and O–H groups in total. The van der Waals surface area contributed by atoms with Crippen LogP contribution in [0.1, 0.15) is 51.9 Å². The molecule has 7 heteroatoms. The van der Waals surface area contributed by atoms with Gasteiger partial charge in [0.25, 0.3) is 0 Å². The zero-order chi connectivity index (χ0) is 15.1. The van der Waals surface area contributed by atoms with Crippen molar-refractivity contribution in [2.24, 2.45) is 5.92 Å². The van der Waals surface area contributed by atoms with Crippen LogP contribution in [0.25, 0.3) is 0 Å². The summed E-state index contributed by atoms with van der Waals surface area (Å²) in [6, 6.07) is 0. The van der Waals surface area contributed by atoms with E-state index in [1.54, 1.807) is 0 Å². The van der Waals surface area contributed by atoms with Gasteiger partial charge in [-0.3, -0.25) is 4.79 Å². The van der Waals surface area contributed by atoms with E-state index in [2.05, 4.69) is 0 Å². The van der Waals surface area contributed by atoms with Gasteiger partial charge in [-0.1, -0.05) is 39.0 Å². The van der Waals surface area contributed by atoms with E-state index in [1.807, 2.05) is 6.92 Å². The molecule has 0 rings (SSSR count). The molecule has 0 saturated carbocycles. The maximum Gasteiger partial charge on any atom is 0.407 e. The Hall–Kier alpha value is -0.750. The molecule has 0 aromatic carbocycles. The standard InChI is InChI=1S/C12H18F6O/c1-2-3-4-5-6-7-8-9(19)10(11(13,14)15)12(16,17)18/h10H,2-8H2,1H3. The number of alkyl halides is 6. The highest BCUT2D eigenvalue weighted by Gasteiger charge is 2.60. The summed E-state index contributed by atoms with van der Waals surface area (Å²) < 4.78 is 73.2. The first-order chi connectivity index (χ1) is 8.60. The van der Waals surface area contributed by atoms with Crippen molar-refractivity contribution in [1.82, 2.24) is 0 Å². The number of carbonyl (C=O) groups excluding carboxylic acids is 1. The Bertz CT molecular complexity index is 254. The molecule has 1 nitrogen and oxygen atoms in total. The summed E-state index contributed by atoms with van der Waals surface area (Å²) in [6.07, 6.45) is -7.66. The van der Waals surface area contributed by atoms with Gasteiger partial charge in [0.05, 0.1) is 0 Å². The molecule has 0 bridgehead atoms. The summed E-state index contributed by atoms with van der Waals surface area (Å²) >= 11 is 0. The summed E-state index contributed by atoms with van der Waals surface area (Å²) in [5, 5.41) is 0. The number of ketones is 1. The van der Waals surface area contributed by atoms with E-state index in [4.69, 9.17) is 0 Å². The molecule has 114 valence electrons. The number of Topliss-reactive ketones (excluding diaryl/α,β-unsaturated/α-hetero) is 1. The smallest absolute Gasteiger partial charge is 0.299 e. The van der Waals surface area contributed by atoms with Gasteiger partial charge in [-0.05, 0) is 6.42 Å². The highest BCUT2D eigenvalue weighted by atomic mass is 19.4. The van der Waals surface area contributed by atoms with E-state index in [0.717, 1.165) is 25.7 Å². The van der Waals surface area contributed by atoms with Crippen LogP contribution in [0.15, 0.2) is 0 Å². The molecule has 0 aliphatic rings. The van der Waals surface area contributed by atoms with Gasteiger partial charge in [0.1, 0.15) is 0 Å². The number of carbonyl (C=O) groups is 1. The fraction of sp³-hybridized carbons (Fsp3) is 0.917. The minimum Gasteiger partial charge on any atom is -0.299 e. The highest BCUT2D eigenvalue weighted by molar-refractivity contribution is 5.82. The zero-order valence-electron chi connectivity index (χ0n) is 10.7. The Morgan fingerprint density at radius 2 is 1.26 bits per heavy atom. The molecule has 0 radical (unpaired) electrons. The van der Waals surface area contributed by atoms with E-state index < -0.39 is 30.5 Å². The summed E-state index contributed by atoms with van der Waals surface area (Å²) in [7, 11) is 0. The Kier molecular flexibility index (Phi) is 7.44. The number of unbranched alkanes of at least 4 members (excludes halogenated alkanes) is 5. The van der Waals surface area contributed by atoms with Gasteiger partial charge in [-0.2, -0.15) is 26.3 Å². The molecule has 0 heterocycles. The second-order valence-corrected chi connectivity index (χ2v) is 4.50. The van der Waals surface area contributed by atoms with Crippen molar-refractivity contribution < 1.29 is 31.1 Å². The topological polar surface area (TPSA) is 17.1 Å². The third kappa shape index (κ3) is 7.42. The number of hydrogen-bond donors (Lipinski definition) is 0. The first-order valence-electron chi connectivity index (χ1n) is 6.26. The predicted molar refractivity (Wildman–Crippen MR) is 58.6 cm³/mol. The van der Waals surface area contributed by atoms with E-state index in [-0.39, 0.29) is 6.42 Å². The van der Waals surface area contributed by atoms with Crippen molar-refractivity contribution in [3.8, 4) is 0 Å². The van der Waals surface area contributed by atoms with Crippen LogP contribution in [-0.4, -0.2) is 18.1 Å². The van der Waals surface area contributed by atoms with Crippen molar-refractivity contribution in [3.05, 3.63) is 0 Å². The van der Waals surface area contributed by atoms with Crippen LogP contribution in [0.3, 0.4) is 0 Å². The lowest BCUT2D eigenvalue weighted by Gasteiger charge is -2.21. The van der Waals surface area contributed by atoms with Gasteiger partial charge in [0.2, 0.25) is 5.92 Å². The average molecular weight is 292 g/mol. The first-order valence-corrected chi connectivity index (χ1v) is 6.26. The lowest BCUT2D eigenvalue weighted by Crippen LogP contribution is -2.42. The first kappa shape index (κ1) is 18.2. The van der Waals surface area contributed by atoms with Gasteiger partial charge in [0, 0.05) is 6.42 Å². The van der Waals surface area contributed by atoms with Crippen LogP contribution in [-0.2, 0) is 4.79 Å². The maximum atomic E-state index is 12.2. The van der Waals surface area contributed by atoms with Crippen LogP contribution in [0, 0.1) is 5.92 Å². The second kappa shape index (κ2) is 7.75. The van der Waals surface area contributed by atoms with Crippen LogP contribution >= 0.6 is 0 Å². The fourth-order valence-electron chi connectivity index (χ4n) is 1.77. The lowest BCUT2D eigenvalue weighted by atomic mass is 9.97. The number of rotatable bonds is 8. The SMILES string of the molecule is CCCCCCCCC(=O)C(C(F)(F)F)C(F)(F)F. The van der Waals surface area contributed by atoms with Gasteiger partial charge in [0.15, 0.2) is 5.78 Å². The largest absolute Gasteiger partial charge is 0.407 e. The van der Waals surface area contributed by atoms with Gasteiger partial charge >= 0.3 is 12.4 Å². The highest BCUT2D eigenvalue weighted by Crippen LogP contribution is 2.40. The molecule has 0 fully saturated rings. The summed E-state index contributed by atoms with van der Waals surface area (Å²) in [6.45, 7) is 1.99. The summed E-state index contributed by atoms with van der Waals surface area (Å²) in [4.78, 5) is 11.1. The van der Waals surface area contributed by atoms with Crippen LogP contribution in [0.5, 0.6) is 0 Å². The molecule has 0 aliphatic heterocycles. The zero-order valence-corrected chi connectivity index (χ0v) is 10.7. The Morgan fingerprint density at radius 1 is 0.842 bits per heavy atom. The van der Waals surface area contributed by atoms with E-state index >= 15 is 0 Å². The van der Waals surface area contributed by atoms with Crippen molar-refractivity contribution in [3.63, 3.8) is 0 Å². The predicted octanol–water partition coefficient (Wildman–Crippen LogP) is 5.05. The van der Waals surface area contributed by atoms with Crippen molar-refractivity contribution in [2.75, 3.05) is 0 Å². The quantitative estimate of drug-likeness (QED) is 0.452. The van der Waals surface area contributed by atoms with Crippen molar-refractivity contribution in [2.45, 2.75) is 64.2 Å². The molecule has 0 spiro atoms. The molecule has 0 aromatic rings. The fourth-order valence-corrected chi connectivity index (χ4v) is 1.77. The second-order valence-electron chi connectivity index (χ2n) is 4.50. The molecule has 0 atom stereocenters. The Morgan fingerprint density at radius 3 is 1.68 bits per heavy atom. The molecular formula is C12H18F6O. The Balaban J connectivity index is 4.22. The number of halogens is 6. The van der Waals surface area contributed by atoms with Gasteiger partial charge in [-0.25, -0.2) is 0 Å². The molecule has 19 heavy (non-hydrogen) atoms. The average Bonchev–Trinajstić information content (AvgIpc) is 2.18. The third-order valence-corrected chi connectivity index (χ3v) is 2.75. The van der Waals surface area contributed by atoms with Crippen LogP contribution in [0.2, 0.25) is 0 Å². The molecule has 0 aromatic heterocycles. The maximum absolute atomic E-state index is 12.2. The molecule has 0 amide bonds. The summed E-state index contributed by atoms with van der Waals surface area (Å²) in [5.41, 5.74) is 0. The molecule has 0 aliphatic carbocycles. The van der Waals surface area contributed by atoms with Crippen molar-refractivity contribution >= 4 is 5.78 Å². The normalized spacial score (nSPS) is 13.1. The van der Waals surface area contributed by atoms with Crippen LogP contribution < -0.4 is 0 Å². The van der Waals surface area contributed by atoms with E-state index in [9.17, 15) is 31.1 Å². The van der Waals surface area contributed by atoms with Crippen molar-refractivity contribution in [1.29, 1.82) is 0 Å². The van der Waals surface area contributed by atoms with Crippen LogP contribution in [0.4, 0.5) is 26.3 Å². The molecule has 0 saturated heterocycles. The lowest BCUT2D eigenvalue weighted by molar-refractivity contribution is -0.273. The minimum absolute atomic E-state index is 0.0746. The monoisotopic (exact) mass is 292 g/mol. The van der Waals surface area contributed by atoms with Gasteiger partial charge < -0.3 is 0 Å². The minimum atomic E-state index is -5.56. The van der Waals surface area contributed by atoms with E-state index in [0.29, 0.717) is 6.42 Å². The molecule has 0 unspecified atom stereocenters. The third-order valence-electron chi connectivity index (χ3n) is 2.75. The molecular weight excluding hydrogens is 274 g/mol. The number of hydrogen-bond acceptors (Lipinski definition) is 1. The Labute approximate surface area is 108 Å². The van der Waals surface area contributed by atoms with Gasteiger partial charge in [-0.15, -0.1) is 0 Å². The summed E-state index contributed by atoms with van der Waals surface area (Å²) in [5.74, 6) is -5.62. The van der Waals surface area contributed by atoms with E-state index in [1.165, 1.54) is 0 Å².